The lowest BCUT2D eigenvalue weighted by Crippen LogP contribution is -2.32. The molecule has 0 amide bonds. The molecule has 0 aliphatic rings. The minimum absolute atomic E-state index is 0.0325. The van der Waals surface area contributed by atoms with Gasteiger partial charge in [-0.3, -0.25) is 0 Å². The molecule has 38 heavy (non-hydrogen) atoms. The van der Waals surface area contributed by atoms with Crippen molar-refractivity contribution in [2.75, 3.05) is 33.0 Å². The fourth-order valence-corrected chi connectivity index (χ4v) is 1.00. The summed E-state index contributed by atoms with van der Waals surface area (Å²) < 4.78 is 9.38. The zero-order chi connectivity index (χ0) is 31.3. The Kier molecular flexibility index (Phi) is 33.7. The first-order chi connectivity index (χ1) is 17.5. The predicted molar refractivity (Wildman–Crippen MR) is 139 cm³/mol. The number of carboxylic acids is 3. The van der Waals surface area contributed by atoms with E-state index in [1.54, 1.807) is 13.8 Å². The second-order valence-corrected chi connectivity index (χ2v) is 6.79. The third-order valence-corrected chi connectivity index (χ3v) is 3.53. The average molecular weight is 549 g/mol. The Morgan fingerprint density at radius 1 is 0.658 bits per heavy atom. The Hall–Kier alpha value is -4.07. The van der Waals surface area contributed by atoms with Crippen molar-refractivity contribution in [2.45, 2.75) is 27.2 Å². The highest BCUT2D eigenvalue weighted by atomic mass is 16.6. The van der Waals surface area contributed by atoms with Crippen molar-refractivity contribution in [3.05, 3.63) is 62.3 Å². The molecule has 218 valence electrons. The summed E-state index contributed by atoms with van der Waals surface area (Å²) >= 11 is 0. The highest BCUT2D eigenvalue weighted by Gasteiger charge is 2.24. The Labute approximate surface area is 222 Å². The normalized spacial score (nSPS) is 8.68. The van der Waals surface area contributed by atoms with Gasteiger partial charge >= 0.3 is 29.8 Å². The maximum atomic E-state index is 10.8. The van der Waals surface area contributed by atoms with Crippen LogP contribution in [0.1, 0.15) is 27.2 Å². The second-order valence-electron chi connectivity index (χ2n) is 6.79. The van der Waals surface area contributed by atoms with Crippen LogP contribution in [-0.2, 0) is 33.4 Å². The third-order valence-electron chi connectivity index (χ3n) is 3.53. The molecule has 0 aliphatic heterocycles. The molecule has 0 radical (unpaired) electrons. The van der Waals surface area contributed by atoms with Crippen molar-refractivity contribution in [1.82, 2.24) is 0 Å². The van der Waals surface area contributed by atoms with E-state index in [1.807, 2.05) is 6.92 Å². The summed E-state index contributed by atoms with van der Waals surface area (Å²) in [5.41, 5.74) is -0.0348. The van der Waals surface area contributed by atoms with E-state index in [2.05, 4.69) is 42.4 Å². The van der Waals surface area contributed by atoms with Gasteiger partial charge < -0.3 is 40.1 Å². The van der Waals surface area contributed by atoms with Gasteiger partial charge in [-0.2, -0.15) is 0 Å². The molecular weight excluding hydrogens is 508 g/mol. The summed E-state index contributed by atoms with van der Waals surface area (Å²) in [5.74, 6) is -3.92. The Morgan fingerprint density at radius 3 is 0.947 bits per heavy atom. The molecule has 0 fully saturated rings. The number of carboxylic acid groups (broad SMARTS) is 3. The van der Waals surface area contributed by atoms with Gasteiger partial charge in [0.25, 0.3) is 0 Å². The minimum atomic E-state index is -0.981. The van der Waals surface area contributed by atoms with E-state index in [4.69, 9.17) is 30.6 Å². The number of aliphatic hydroxyl groups excluding tert-OH is 3. The third kappa shape index (κ3) is 36.5. The van der Waals surface area contributed by atoms with Gasteiger partial charge in [0.15, 0.2) is 0 Å². The van der Waals surface area contributed by atoms with Crippen LogP contribution in [0, 0.1) is 5.41 Å². The van der Waals surface area contributed by atoms with Crippen molar-refractivity contribution in [1.29, 1.82) is 0 Å². The Morgan fingerprint density at radius 2 is 0.868 bits per heavy atom. The summed E-state index contributed by atoms with van der Waals surface area (Å²) in [6.45, 7) is 20.2. The van der Waals surface area contributed by atoms with E-state index < -0.39 is 35.3 Å². The molecule has 6 N–H and O–H groups in total. The summed E-state index contributed by atoms with van der Waals surface area (Å²) in [5, 5.41) is 48.8. The molecule has 0 saturated carbocycles. The Bertz CT molecular complexity index is 690. The number of carbonyl (C=O) groups is 5. The van der Waals surface area contributed by atoms with Crippen LogP contribution in [0.5, 0.6) is 0 Å². The van der Waals surface area contributed by atoms with Crippen LogP contribution < -0.4 is 0 Å². The zero-order valence-corrected chi connectivity index (χ0v) is 22.1. The molecule has 0 aromatic rings. The number of aliphatic hydroxyl groups is 3. The SMILES string of the molecule is C=C(C)C(=O)OCCOC(=O)C(=C)C.C=CC(=O)O.C=CC(=O)O.C=CC(=O)O.CCC(CO)(CO)CO. The molecule has 0 heterocycles. The van der Waals surface area contributed by atoms with E-state index in [9.17, 15) is 24.0 Å². The van der Waals surface area contributed by atoms with E-state index in [-0.39, 0.29) is 33.0 Å². The monoisotopic (exact) mass is 548 g/mol. The second kappa shape index (κ2) is 29.2. The van der Waals surface area contributed by atoms with Crippen LogP contribution in [0.15, 0.2) is 62.3 Å². The molecule has 0 saturated heterocycles. The minimum Gasteiger partial charge on any atom is -0.478 e. The smallest absolute Gasteiger partial charge is 0.333 e. The zero-order valence-electron chi connectivity index (χ0n) is 22.1. The quantitative estimate of drug-likeness (QED) is 0.115. The van der Waals surface area contributed by atoms with Crippen LogP contribution in [-0.4, -0.2) is 93.5 Å². The molecule has 0 unspecified atom stereocenters. The standard InChI is InChI=1S/C10H14O4.C6H14O3.3C3H4O2/c1-7(2)9(11)13-5-6-14-10(12)8(3)4;1-2-6(3-7,4-8)5-9;3*1-2-3(4)5/h1,3,5-6H2,2,4H3;7-9H,2-5H2,1H3;3*2H,1H2,(H,4,5). The largest absolute Gasteiger partial charge is 0.478 e. The van der Waals surface area contributed by atoms with Gasteiger partial charge in [-0.05, 0) is 20.3 Å². The van der Waals surface area contributed by atoms with Gasteiger partial charge in [-0.25, -0.2) is 24.0 Å². The molecule has 13 nitrogen and oxygen atoms in total. The van der Waals surface area contributed by atoms with E-state index in [0.717, 1.165) is 18.2 Å². The molecule has 0 rings (SSSR count). The number of esters is 2. The topological polar surface area (TPSA) is 225 Å². The summed E-state index contributed by atoms with van der Waals surface area (Å²) in [6, 6.07) is 0. The number of carbonyl (C=O) groups excluding carboxylic acids is 2. The molecule has 0 spiro atoms. The first kappa shape index (κ1) is 44.0. The van der Waals surface area contributed by atoms with Crippen molar-refractivity contribution < 1.29 is 64.1 Å². The average Bonchev–Trinajstić information content (AvgIpc) is 2.89. The number of ether oxygens (including phenoxy) is 2. The van der Waals surface area contributed by atoms with Crippen LogP contribution in [0.3, 0.4) is 0 Å². The lowest BCUT2D eigenvalue weighted by molar-refractivity contribution is -0.147. The van der Waals surface area contributed by atoms with Crippen molar-refractivity contribution >= 4 is 29.8 Å². The Balaban J connectivity index is -0.000000130. The van der Waals surface area contributed by atoms with E-state index in [0.29, 0.717) is 17.6 Å². The molecular formula is C25H40O13. The predicted octanol–water partition coefficient (Wildman–Crippen LogP) is 1.36. The van der Waals surface area contributed by atoms with Gasteiger partial charge in [0, 0.05) is 34.8 Å². The lowest BCUT2D eigenvalue weighted by Gasteiger charge is -2.24. The molecule has 0 bridgehead atoms. The number of hydrogen-bond donors (Lipinski definition) is 6. The maximum Gasteiger partial charge on any atom is 0.333 e. The van der Waals surface area contributed by atoms with Crippen LogP contribution in [0.4, 0.5) is 0 Å². The molecule has 13 heteroatoms. The number of aliphatic carboxylic acids is 3. The number of rotatable bonds is 12. The van der Waals surface area contributed by atoms with Gasteiger partial charge in [-0.15, -0.1) is 0 Å². The fourth-order valence-electron chi connectivity index (χ4n) is 1.00. The number of hydrogen-bond acceptors (Lipinski definition) is 10. The maximum absolute atomic E-state index is 10.8. The highest BCUT2D eigenvalue weighted by Crippen LogP contribution is 2.18. The van der Waals surface area contributed by atoms with Crippen LogP contribution >= 0.6 is 0 Å². The lowest BCUT2D eigenvalue weighted by atomic mass is 9.88. The first-order valence-electron chi connectivity index (χ1n) is 10.5. The van der Waals surface area contributed by atoms with Crippen LogP contribution in [0.25, 0.3) is 0 Å². The van der Waals surface area contributed by atoms with E-state index in [1.165, 1.54) is 0 Å². The van der Waals surface area contributed by atoms with Gasteiger partial charge in [0.1, 0.15) is 13.2 Å². The van der Waals surface area contributed by atoms with Crippen molar-refractivity contribution in [3.63, 3.8) is 0 Å². The van der Waals surface area contributed by atoms with Gasteiger partial charge in [-0.1, -0.05) is 39.8 Å². The van der Waals surface area contributed by atoms with Gasteiger partial charge in [0.05, 0.1) is 19.8 Å². The summed E-state index contributed by atoms with van der Waals surface area (Å²) in [7, 11) is 0. The molecule has 0 aromatic carbocycles. The molecule has 0 aliphatic carbocycles. The fraction of sp³-hybridized carbons (Fsp3) is 0.400. The highest BCUT2D eigenvalue weighted by molar-refractivity contribution is 5.87. The van der Waals surface area contributed by atoms with Crippen LogP contribution in [0.2, 0.25) is 0 Å². The first-order valence-corrected chi connectivity index (χ1v) is 10.5. The van der Waals surface area contributed by atoms with E-state index >= 15 is 0 Å². The molecule has 0 aromatic heterocycles. The summed E-state index contributed by atoms with van der Waals surface area (Å²) in [4.78, 5) is 49.4. The summed E-state index contributed by atoms with van der Waals surface area (Å²) in [6.07, 6.45) is 3.09. The molecule has 0 atom stereocenters. The van der Waals surface area contributed by atoms with Crippen molar-refractivity contribution in [3.8, 4) is 0 Å². The van der Waals surface area contributed by atoms with Crippen molar-refractivity contribution in [2.24, 2.45) is 5.41 Å². The van der Waals surface area contributed by atoms with Gasteiger partial charge in [0.2, 0.25) is 0 Å².